The van der Waals surface area contributed by atoms with Crippen LogP contribution >= 0.6 is 12.2 Å². The highest BCUT2D eigenvalue weighted by molar-refractivity contribution is 7.80. The van der Waals surface area contributed by atoms with Gasteiger partial charge in [0.25, 0.3) is 0 Å². The Hall–Kier alpha value is -1.56. The van der Waals surface area contributed by atoms with Crippen LogP contribution < -0.4 is 16.2 Å². The number of hydrogen-bond acceptors (Lipinski definition) is 3. The highest BCUT2D eigenvalue weighted by atomic mass is 32.1. The summed E-state index contributed by atoms with van der Waals surface area (Å²) in [5.74, 6) is -0.144. The molecule has 0 aliphatic carbocycles. The largest absolute Gasteiger partial charge is 0.459 e. The summed E-state index contributed by atoms with van der Waals surface area (Å²) in [5.41, 5.74) is 4.86. The maximum atomic E-state index is 11.4. The summed E-state index contributed by atoms with van der Waals surface area (Å²) >= 11 is 4.98. The molecular weight excluding hydrogens is 226 g/mol. The molecule has 1 aromatic heterocycles. The zero-order valence-corrected chi connectivity index (χ0v) is 10.3. The number of thiocarbonyl (C=S) groups is 1. The topological polar surface area (TPSA) is 66.3 Å². The zero-order valence-electron chi connectivity index (χ0n) is 9.46. The number of nitrogens with one attached hydrogen (secondary N) is 3. The van der Waals surface area contributed by atoms with Gasteiger partial charge in [0.2, 0.25) is 0 Å². The van der Waals surface area contributed by atoms with E-state index in [0.717, 1.165) is 0 Å². The van der Waals surface area contributed by atoms with Crippen molar-refractivity contribution < 1.29 is 9.21 Å². The lowest BCUT2D eigenvalue weighted by Crippen LogP contribution is -2.52. The van der Waals surface area contributed by atoms with Crippen LogP contribution in [0.5, 0.6) is 0 Å². The van der Waals surface area contributed by atoms with Gasteiger partial charge >= 0.3 is 5.91 Å². The standard InChI is InChI=1S/C10H15N3O2S/c1-10(2,3)11-9(16)13-12-8(14)7-5-4-6-15-7/h4-6H,1-3H3,(H,12,14)(H2,11,13,16). The fourth-order valence-electron chi connectivity index (χ4n) is 0.955. The molecule has 5 nitrogen and oxygen atoms in total. The van der Waals surface area contributed by atoms with Crippen molar-refractivity contribution >= 4 is 23.2 Å². The smallest absolute Gasteiger partial charge is 0.305 e. The van der Waals surface area contributed by atoms with Crippen LogP contribution in [0.3, 0.4) is 0 Å². The van der Waals surface area contributed by atoms with Crippen molar-refractivity contribution in [2.75, 3.05) is 0 Å². The van der Waals surface area contributed by atoms with E-state index in [1.807, 2.05) is 20.8 Å². The predicted molar refractivity (Wildman–Crippen MR) is 64.8 cm³/mol. The molecule has 0 atom stereocenters. The van der Waals surface area contributed by atoms with Gasteiger partial charge in [-0.05, 0) is 45.1 Å². The van der Waals surface area contributed by atoms with E-state index >= 15 is 0 Å². The Balaban J connectivity index is 2.35. The Morgan fingerprint density at radius 2 is 2.06 bits per heavy atom. The van der Waals surface area contributed by atoms with Crippen LogP contribution in [0, 0.1) is 0 Å². The SMILES string of the molecule is CC(C)(C)NC(=S)NNC(=O)c1ccco1. The molecule has 1 amide bonds. The lowest BCUT2D eigenvalue weighted by molar-refractivity contribution is 0.0915. The summed E-state index contributed by atoms with van der Waals surface area (Å²) in [6.45, 7) is 5.90. The molecule has 0 fully saturated rings. The quantitative estimate of drug-likeness (QED) is 0.509. The number of rotatable bonds is 1. The molecule has 0 aliphatic heterocycles. The third-order valence-electron chi connectivity index (χ3n) is 1.52. The minimum atomic E-state index is -0.372. The number of carbonyl (C=O) groups is 1. The van der Waals surface area contributed by atoms with Crippen LogP contribution in [0.4, 0.5) is 0 Å². The van der Waals surface area contributed by atoms with Crippen LogP contribution in [0.15, 0.2) is 22.8 Å². The fourth-order valence-corrected chi connectivity index (χ4v) is 1.31. The molecule has 0 radical (unpaired) electrons. The molecule has 0 unspecified atom stereocenters. The van der Waals surface area contributed by atoms with E-state index in [0.29, 0.717) is 5.11 Å². The van der Waals surface area contributed by atoms with Crippen LogP contribution in [0.2, 0.25) is 0 Å². The minimum absolute atomic E-state index is 0.153. The molecule has 0 bridgehead atoms. The number of amides is 1. The molecule has 3 N–H and O–H groups in total. The first-order chi connectivity index (χ1) is 7.38. The van der Waals surface area contributed by atoms with E-state index in [9.17, 15) is 4.79 Å². The summed E-state index contributed by atoms with van der Waals surface area (Å²) in [5, 5.41) is 3.35. The second-order valence-electron chi connectivity index (χ2n) is 4.26. The van der Waals surface area contributed by atoms with E-state index in [2.05, 4.69) is 16.2 Å². The van der Waals surface area contributed by atoms with Gasteiger partial charge in [-0.3, -0.25) is 15.6 Å². The van der Waals surface area contributed by atoms with Crippen LogP contribution in [0.25, 0.3) is 0 Å². The number of hydrogen-bond donors (Lipinski definition) is 3. The van der Waals surface area contributed by atoms with Gasteiger partial charge in [-0.25, -0.2) is 0 Å². The average Bonchev–Trinajstić information content (AvgIpc) is 2.64. The van der Waals surface area contributed by atoms with Crippen molar-refractivity contribution in [2.45, 2.75) is 26.3 Å². The van der Waals surface area contributed by atoms with Gasteiger partial charge < -0.3 is 9.73 Å². The highest BCUT2D eigenvalue weighted by Crippen LogP contribution is 1.99. The van der Waals surface area contributed by atoms with Crippen molar-refractivity contribution in [1.82, 2.24) is 16.2 Å². The highest BCUT2D eigenvalue weighted by Gasteiger charge is 2.12. The molecular formula is C10H15N3O2S. The zero-order chi connectivity index (χ0) is 12.2. The molecule has 1 aromatic rings. The Bertz CT molecular complexity index is 368. The van der Waals surface area contributed by atoms with Gasteiger partial charge in [0.1, 0.15) is 0 Å². The van der Waals surface area contributed by atoms with E-state index in [1.54, 1.807) is 12.1 Å². The Kier molecular flexibility index (Phi) is 3.89. The maximum Gasteiger partial charge on any atom is 0.305 e. The van der Waals surface area contributed by atoms with Crippen molar-refractivity contribution in [3.63, 3.8) is 0 Å². The number of hydrazine groups is 1. The predicted octanol–water partition coefficient (Wildman–Crippen LogP) is 1.19. The van der Waals surface area contributed by atoms with Crippen LogP contribution in [-0.4, -0.2) is 16.6 Å². The van der Waals surface area contributed by atoms with Gasteiger partial charge in [-0.2, -0.15) is 0 Å². The molecule has 6 heteroatoms. The second kappa shape index (κ2) is 4.98. The molecule has 16 heavy (non-hydrogen) atoms. The molecule has 0 aromatic carbocycles. The molecule has 0 saturated carbocycles. The Labute approximate surface area is 99.6 Å². The third kappa shape index (κ3) is 4.31. The lowest BCUT2D eigenvalue weighted by Gasteiger charge is -2.22. The number of furan rings is 1. The summed E-state index contributed by atoms with van der Waals surface area (Å²) in [6, 6.07) is 3.21. The lowest BCUT2D eigenvalue weighted by atomic mass is 10.1. The van der Waals surface area contributed by atoms with Gasteiger partial charge in [-0.1, -0.05) is 0 Å². The van der Waals surface area contributed by atoms with Gasteiger partial charge in [0.15, 0.2) is 10.9 Å². The van der Waals surface area contributed by atoms with Crippen molar-refractivity contribution in [3.05, 3.63) is 24.2 Å². The van der Waals surface area contributed by atoms with E-state index in [4.69, 9.17) is 16.6 Å². The minimum Gasteiger partial charge on any atom is -0.459 e. The van der Waals surface area contributed by atoms with E-state index in [-0.39, 0.29) is 17.2 Å². The maximum absolute atomic E-state index is 11.4. The second-order valence-corrected chi connectivity index (χ2v) is 4.67. The van der Waals surface area contributed by atoms with Crippen molar-refractivity contribution in [2.24, 2.45) is 0 Å². The fraction of sp³-hybridized carbons (Fsp3) is 0.400. The molecule has 88 valence electrons. The number of carbonyl (C=O) groups excluding carboxylic acids is 1. The molecule has 0 spiro atoms. The van der Waals surface area contributed by atoms with Crippen molar-refractivity contribution in [1.29, 1.82) is 0 Å². The van der Waals surface area contributed by atoms with Crippen molar-refractivity contribution in [3.8, 4) is 0 Å². The molecule has 1 rings (SSSR count). The first-order valence-electron chi connectivity index (χ1n) is 4.80. The van der Waals surface area contributed by atoms with E-state index in [1.165, 1.54) is 6.26 Å². The Morgan fingerprint density at radius 1 is 1.38 bits per heavy atom. The van der Waals surface area contributed by atoms with Crippen LogP contribution in [0.1, 0.15) is 31.3 Å². The summed E-state index contributed by atoms with van der Waals surface area (Å²) in [7, 11) is 0. The van der Waals surface area contributed by atoms with Gasteiger partial charge in [-0.15, -0.1) is 0 Å². The molecule has 1 heterocycles. The summed E-state index contributed by atoms with van der Waals surface area (Å²) < 4.78 is 4.91. The summed E-state index contributed by atoms with van der Waals surface area (Å²) in [6.07, 6.45) is 1.43. The van der Waals surface area contributed by atoms with Gasteiger partial charge in [0, 0.05) is 5.54 Å². The molecule has 0 saturated heterocycles. The normalized spacial score (nSPS) is 10.7. The van der Waals surface area contributed by atoms with Crippen LogP contribution in [-0.2, 0) is 0 Å². The first kappa shape index (κ1) is 12.5. The monoisotopic (exact) mass is 241 g/mol. The Morgan fingerprint density at radius 3 is 2.56 bits per heavy atom. The molecule has 0 aliphatic rings. The summed E-state index contributed by atoms with van der Waals surface area (Å²) in [4.78, 5) is 11.4. The third-order valence-corrected chi connectivity index (χ3v) is 1.73. The van der Waals surface area contributed by atoms with Gasteiger partial charge in [0.05, 0.1) is 6.26 Å². The first-order valence-corrected chi connectivity index (χ1v) is 5.21. The average molecular weight is 241 g/mol. The van der Waals surface area contributed by atoms with E-state index < -0.39 is 0 Å².